The van der Waals surface area contributed by atoms with Crippen molar-refractivity contribution in [3.8, 4) is 0 Å². The highest BCUT2D eigenvalue weighted by Gasteiger charge is 2.10. The fourth-order valence-corrected chi connectivity index (χ4v) is 2.27. The first-order valence-corrected chi connectivity index (χ1v) is 6.99. The molecule has 0 saturated carbocycles. The van der Waals surface area contributed by atoms with E-state index < -0.39 is 0 Å². The van der Waals surface area contributed by atoms with E-state index in [9.17, 15) is 0 Å². The Hall–Kier alpha value is -1.67. The molecule has 2 rings (SSSR count). The van der Waals surface area contributed by atoms with Crippen LogP contribution in [0, 0.1) is 6.92 Å². The first kappa shape index (κ1) is 13.8. The lowest BCUT2D eigenvalue weighted by molar-refractivity contribution is 0.514. The number of rotatable bonds is 6. The van der Waals surface area contributed by atoms with Crippen molar-refractivity contribution in [2.24, 2.45) is 0 Å². The van der Waals surface area contributed by atoms with Gasteiger partial charge in [-0.15, -0.1) is 0 Å². The average molecular weight is 254 g/mol. The lowest BCUT2D eigenvalue weighted by Crippen LogP contribution is -2.21. The molecule has 2 aromatic rings. The molecule has 0 aliphatic heterocycles. The highest BCUT2D eigenvalue weighted by molar-refractivity contribution is 5.19. The summed E-state index contributed by atoms with van der Waals surface area (Å²) in [6.45, 7) is 5.15. The predicted molar refractivity (Wildman–Crippen MR) is 80.2 cm³/mol. The maximum absolute atomic E-state index is 4.40. The van der Waals surface area contributed by atoms with Crippen molar-refractivity contribution in [1.82, 2.24) is 10.3 Å². The van der Waals surface area contributed by atoms with Crippen LogP contribution in [-0.2, 0) is 6.42 Å². The van der Waals surface area contributed by atoms with Gasteiger partial charge in [-0.1, -0.05) is 43.3 Å². The first-order chi connectivity index (χ1) is 9.29. The summed E-state index contributed by atoms with van der Waals surface area (Å²) >= 11 is 0. The van der Waals surface area contributed by atoms with Gasteiger partial charge >= 0.3 is 0 Å². The normalized spacial score (nSPS) is 12.3. The molecule has 0 fully saturated rings. The zero-order valence-corrected chi connectivity index (χ0v) is 11.8. The number of benzene rings is 1. The van der Waals surface area contributed by atoms with Crippen LogP contribution >= 0.6 is 0 Å². The molecule has 1 N–H and O–H groups in total. The second kappa shape index (κ2) is 7.05. The summed E-state index contributed by atoms with van der Waals surface area (Å²) in [4.78, 5) is 4.40. The number of pyridine rings is 1. The highest BCUT2D eigenvalue weighted by Crippen LogP contribution is 2.18. The number of nitrogens with one attached hydrogen (secondary N) is 1. The molecule has 2 nitrogen and oxygen atoms in total. The Morgan fingerprint density at radius 1 is 1.11 bits per heavy atom. The number of hydrogen-bond acceptors (Lipinski definition) is 2. The third kappa shape index (κ3) is 4.18. The molecule has 1 aromatic heterocycles. The molecule has 0 bridgehead atoms. The number of aromatic nitrogens is 1. The zero-order valence-electron chi connectivity index (χ0n) is 11.8. The fourth-order valence-electron chi connectivity index (χ4n) is 2.27. The summed E-state index contributed by atoms with van der Waals surface area (Å²) in [5.74, 6) is 0. The van der Waals surface area contributed by atoms with Gasteiger partial charge in [-0.05, 0) is 43.5 Å². The second-order valence-electron chi connectivity index (χ2n) is 4.87. The van der Waals surface area contributed by atoms with Crippen molar-refractivity contribution in [3.05, 3.63) is 65.5 Å². The van der Waals surface area contributed by atoms with Crippen molar-refractivity contribution in [2.45, 2.75) is 32.7 Å². The van der Waals surface area contributed by atoms with Crippen molar-refractivity contribution < 1.29 is 0 Å². The van der Waals surface area contributed by atoms with Crippen LogP contribution in [0.3, 0.4) is 0 Å². The minimum absolute atomic E-state index is 0.387. The van der Waals surface area contributed by atoms with Gasteiger partial charge in [-0.2, -0.15) is 0 Å². The molecule has 19 heavy (non-hydrogen) atoms. The Kier molecular flexibility index (Phi) is 5.10. The lowest BCUT2D eigenvalue weighted by Gasteiger charge is -2.18. The van der Waals surface area contributed by atoms with Crippen LogP contribution in [0.25, 0.3) is 0 Å². The third-order valence-corrected chi connectivity index (χ3v) is 3.35. The molecular weight excluding hydrogens is 232 g/mol. The topological polar surface area (TPSA) is 24.9 Å². The average Bonchev–Trinajstić information content (AvgIpc) is 2.46. The molecule has 1 unspecified atom stereocenters. The molecule has 2 heteroatoms. The molecule has 0 amide bonds. The van der Waals surface area contributed by atoms with Crippen molar-refractivity contribution in [3.63, 3.8) is 0 Å². The van der Waals surface area contributed by atoms with Crippen LogP contribution in [0.15, 0.2) is 48.7 Å². The summed E-state index contributed by atoms with van der Waals surface area (Å²) in [7, 11) is 0. The van der Waals surface area contributed by atoms with Gasteiger partial charge in [0.2, 0.25) is 0 Å². The van der Waals surface area contributed by atoms with Crippen LogP contribution in [0.4, 0.5) is 0 Å². The summed E-state index contributed by atoms with van der Waals surface area (Å²) in [5.41, 5.74) is 3.75. The minimum atomic E-state index is 0.387. The largest absolute Gasteiger partial charge is 0.310 e. The quantitative estimate of drug-likeness (QED) is 0.850. The Balaban J connectivity index is 2.02. The maximum atomic E-state index is 4.40. The third-order valence-electron chi connectivity index (χ3n) is 3.35. The van der Waals surface area contributed by atoms with E-state index in [4.69, 9.17) is 0 Å². The summed E-state index contributed by atoms with van der Waals surface area (Å²) < 4.78 is 0. The number of hydrogen-bond donors (Lipinski definition) is 1. The predicted octanol–water partition coefficient (Wildman–Crippen LogP) is 3.67. The molecule has 1 heterocycles. The monoisotopic (exact) mass is 254 g/mol. The lowest BCUT2D eigenvalue weighted by atomic mass is 10.00. The van der Waals surface area contributed by atoms with Gasteiger partial charge < -0.3 is 5.32 Å². The fraction of sp³-hybridized carbons (Fsp3) is 0.353. The summed E-state index contributed by atoms with van der Waals surface area (Å²) in [6.07, 6.45) is 4.18. The molecule has 1 atom stereocenters. The van der Waals surface area contributed by atoms with Crippen LogP contribution < -0.4 is 5.32 Å². The van der Waals surface area contributed by atoms with E-state index in [1.165, 1.54) is 11.1 Å². The first-order valence-electron chi connectivity index (χ1n) is 6.99. The van der Waals surface area contributed by atoms with E-state index in [-0.39, 0.29) is 0 Å². The number of aryl methyl sites for hydroxylation is 2. The molecule has 0 spiro atoms. The van der Waals surface area contributed by atoms with Gasteiger partial charge in [-0.3, -0.25) is 4.98 Å². The molecule has 0 aliphatic carbocycles. The van der Waals surface area contributed by atoms with Gasteiger partial charge in [0.1, 0.15) is 0 Å². The van der Waals surface area contributed by atoms with E-state index in [0.29, 0.717) is 6.04 Å². The Morgan fingerprint density at radius 3 is 2.53 bits per heavy atom. The SMILES string of the molecule is CCNC(CCc1ccccc1)c1ccc(C)nc1. The standard InChI is InChI=1S/C17H22N2/c1-3-18-17(16-11-9-14(2)19-13-16)12-10-15-7-5-4-6-8-15/h4-9,11,13,17-18H,3,10,12H2,1-2H3. The van der Waals surface area contributed by atoms with E-state index in [1.807, 2.05) is 13.1 Å². The van der Waals surface area contributed by atoms with E-state index in [2.05, 4.69) is 59.7 Å². The Labute approximate surface area is 115 Å². The molecule has 1 aromatic carbocycles. The second-order valence-corrected chi connectivity index (χ2v) is 4.87. The van der Waals surface area contributed by atoms with Crippen LogP contribution in [-0.4, -0.2) is 11.5 Å². The molecule has 0 saturated heterocycles. The van der Waals surface area contributed by atoms with Gasteiger partial charge in [0.25, 0.3) is 0 Å². The molecule has 100 valence electrons. The van der Waals surface area contributed by atoms with E-state index in [0.717, 1.165) is 25.1 Å². The van der Waals surface area contributed by atoms with Crippen molar-refractivity contribution >= 4 is 0 Å². The van der Waals surface area contributed by atoms with E-state index in [1.54, 1.807) is 0 Å². The number of nitrogens with zero attached hydrogens (tertiary/aromatic N) is 1. The Morgan fingerprint density at radius 2 is 1.89 bits per heavy atom. The van der Waals surface area contributed by atoms with Gasteiger partial charge in [0.15, 0.2) is 0 Å². The van der Waals surface area contributed by atoms with Crippen LogP contribution in [0.1, 0.15) is 36.2 Å². The van der Waals surface area contributed by atoms with Crippen LogP contribution in [0.5, 0.6) is 0 Å². The summed E-state index contributed by atoms with van der Waals surface area (Å²) in [5, 5.41) is 3.55. The molecule has 0 radical (unpaired) electrons. The van der Waals surface area contributed by atoms with Crippen molar-refractivity contribution in [2.75, 3.05) is 6.54 Å². The highest BCUT2D eigenvalue weighted by atomic mass is 14.9. The van der Waals surface area contributed by atoms with Crippen molar-refractivity contribution in [1.29, 1.82) is 0 Å². The van der Waals surface area contributed by atoms with Crippen LogP contribution in [0.2, 0.25) is 0 Å². The van der Waals surface area contributed by atoms with E-state index >= 15 is 0 Å². The maximum Gasteiger partial charge on any atom is 0.0372 e. The zero-order chi connectivity index (χ0) is 13.5. The smallest absolute Gasteiger partial charge is 0.0372 e. The van der Waals surface area contributed by atoms with Gasteiger partial charge in [0, 0.05) is 17.9 Å². The summed E-state index contributed by atoms with van der Waals surface area (Å²) in [6, 6.07) is 15.3. The molecular formula is C17H22N2. The minimum Gasteiger partial charge on any atom is -0.310 e. The van der Waals surface area contributed by atoms with Gasteiger partial charge in [0.05, 0.1) is 0 Å². The van der Waals surface area contributed by atoms with Gasteiger partial charge in [-0.25, -0.2) is 0 Å². The molecule has 0 aliphatic rings. The Bertz CT molecular complexity index is 476.